The zero-order chi connectivity index (χ0) is 21.4. The molecule has 0 saturated carbocycles. The molecule has 2 heterocycles. The van der Waals surface area contributed by atoms with E-state index in [4.69, 9.17) is 4.42 Å². The molecule has 0 aliphatic rings. The van der Waals surface area contributed by atoms with Gasteiger partial charge in [0.15, 0.2) is 17.2 Å². The third-order valence-electron chi connectivity index (χ3n) is 5.34. The molecule has 5 nitrogen and oxygen atoms in total. The summed E-state index contributed by atoms with van der Waals surface area (Å²) in [7, 11) is 0. The fraction of sp³-hybridized carbons (Fsp3) is 0.120. The standard InChI is InChI=1S/C25H21FN4O/c1-3-30(25-24(27-13-14-28-25)29-18-7-5-4-6-8-18)22-16(2)9-11-20-19-12-10-17(26)15-21(19)31-23(20)22/h4-15H,3H2,1-2H3,(H,27,29). The smallest absolute Gasteiger partial charge is 0.176 e. The lowest BCUT2D eigenvalue weighted by molar-refractivity contribution is 0.618. The van der Waals surface area contributed by atoms with Crippen molar-refractivity contribution in [2.24, 2.45) is 0 Å². The van der Waals surface area contributed by atoms with Crippen molar-refractivity contribution in [2.75, 3.05) is 16.8 Å². The van der Waals surface area contributed by atoms with Gasteiger partial charge >= 0.3 is 0 Å². The molecule has 0 saturated heterocycles. The second-order valence-corrected chi connectivity index (χ2v) is 7.31. The Morgan fingerprint density at radius 2 is 1.74 bits per heavy atom. The van der Waals surface area contributed by atoms with Crippen LogP contribution in [0, 0.1) is 12.7 Å². The van der Waals surface area contributed by atoms with Gasteiger partial charge in [0.25, 0.3) is 0 Å². The van der Waals surface area contributed by atoms with Gasteiger partial charge in [0.05, 0.1) is 5.69 Å². The molecule has 2 aromatic heterocycles. The monoisotopic (exact) mass is 412 g/mol. The molecule has 0 aliphatic heterocycles. The first-order valence-corrected chi connectivity index (χ1v) is 10.2. The maximum Gasteiger partial charge on any atom is 0.176 e. The number of furan rings is 1. The van der Waals surface area contributed by atoms with Gasteiger partial charge in [0, 0.05) is 41.5 Å². The Hall–Kier alpha value is -3.93. The van der Waals surface area contributed by atoms with Gasteiger partial charge in [-0.05, 0) is 43.7 Å². The number of hydrogen-bond donors (Lipinski definition) is 1. The Balaban J connectivity index is 1.69. The molecule has 0 unspecified atom stereocenters. The third kappa shape index (κ3) is 3.36. The predicted octanol–water partition coefficient (Wildman–Crippen LogP) is 6.73. The molecule has 5 rings (SSSR count). The Morgan fingerprint density at radius 3 is 2.55 bits per heavy atom. The fourth-order valence-corrected chi connectivity index (χ4v) is 3.92. The first-order valence-electron chi connectivity index (χ1n) is 10.2. The first kappa shape index (κ1) is 19.1. The molecule has 0 bridgehead atoms. The summed E-state index contributed by atoms with van der Waals surface area (Å²) in [6.45, 7) is 4.74. The Bertz CT molecular complexity index is 1380. The number of hydrogen-bond acceptors (Lipinski definition) is 5. The van der Waals surface area contributed by atoms with Crippen molar-refractivity contribution in [1.29, 1.82) is 0 Å². The first-order chi connectivity index (χ1) is 15.2. The van der Waals surface area contributed by atoms with Crippen molar-refractivity contribution in [1.82, 2.24) is 9.97 Å². The number of aromatic nitrogens is 2. The zero-order valence-electron chi connectivity index (χ0n) is 17.3. The Kier molecular flexibility index (Phi) is 4.75. The highest BCUT2D eigenvalue weighted by molar-refractivity contribution is 6.10. The highest BCUT2D eigenvalue weighted by atomic mass is 19.1. The number of fused-ring (bicyclic) bond motifs is 3. The van der Waals surface area contributed by atoms with E-state index in [9.17, 15) is 4.39 Å². The fourth-order valence-electron chi connectivity index (χ4n) is 3.92. The average molecular weight is 412 g/mol. The maximum absolute atomic E-state index is 13.8. The number of rotatable bonds is 5. The van der Waals surface area contributed by atoms with E-state index < -0.39 is 0 Å². The van der Waals surface area contributed by atoms with Crippen molar-refractivity contribution in [3.63, 3.8) is 0 Å². The highest BCUT2D eigenvalue weighted by Crippen LogP contribution is 2.41. The number of nitrogens with zero attached hydrogens (tertiary/aromatic N) is 3. The predicted molar refractivity (Wildman–Crippen MR) is 123 cm³/mol. The van der Waals surface area contributed by atoms with Crippen LogP contribution in [0.2, 0.25) is 0 Å². The number of anilines is 4. The largest absolute Gasteiger partial charge is 0.454 e. The minimum Gasteiger partial charge on any atom is -0.454 e. The molecular weight excluding hydrogens is 391 g/mol. The highest BCUT2D eigenvalue weighted by Gasteiger charge is 2.22. The van der Waals surface area contributed by atoms with Crippen LogP contribution in [0.3, 0.4) is 0 Å². The summed E-state index contributed by atoms with van der Waals surface area (Å²) < 4.78 is 20.0. The van der Waals surface area contributed by atoms with Crippen molar-refractivity contribution in [3.8, 4) is 0 Å². The molecule has 0 fully saturated rings. The van der Waals surface area contributed by atoms with Crippen LogP contribution in [0.5, 0.6) is 0 Å². The van der Waals surface area contributed by atoms with Crippen molar-refractivity contribution in [3.05, 3.63) is 84.4 Å². The van der Waals surface area contributed by atoms with Crippen LogP contribution < -0.4 is 10.2 Å². The summed E-state index contributed by atoms with van der Waals surface area (Å²) in [6.07, 6.45) is 3.34. The van der Waals surface area contributed by atoms with Crippen molar-refractivity contribution in [2.45, 2.75) is 13.8 Å². The van der Waals surface area contributed by atoms with Crippen LogP contribution in [-0.2, 0) is 0 Å². The molecule has 5 aromatic rings. The molecule has 3 aromatic carbocycles. The number of aryl methyl sites for hydroxylation is 1. The lowest BCUT2D eigenvalue weighted by Gasteiger charge is -2.25. The van der Waals surface area contributed by atoms with Gasteiger partial charge in [-0.1, -0.05) is 30.3 Å². The zero-order valence-corrected chi connectivity index (χ0v) is 17.3. The minimum absolute atomic E-state index is 0.319. The van der Waals surface area contributed by atoms with Crippen LogP contribution in [-0.4, -0.2) is 16.5 Å². The topological polar surface area (TPSA) is 54.2 Å². The van der Waals surface area contributed by atoms with E-state index in [0.29, 0.717) is 29.3 Å². The normalized spacial score (nSPS) is 11.2. The van der Waals surface area contributed by atoms with Gasteiger partial charge in [-0.25, -0.2) is 14.4 Å². The van der Waals surface area contributed by atoms with E-state index in [2.05, 4.69) is 33.2 Å². The van der Waals surface area contributed by atoms with Crippen molar-refractivity contribution >= 4 is 44.9 Å². The summed E-state index contributed by atoms with van der Waals surface area (Å²) >= 11 is 0. The summed E-state index contributed by atoms with van der Waals surface area (Å²) in [5, 5.41) is 5.19. The van der Waals surface area contributed by atoms with Gasteiger partial charge < -0.3 is 14.6 Å². The minimum atomic E-state index is -0.319. The number of halogens is 1. The van der Waals surface area contributed by atoms with E-state index in [1.54, 1.807) is 18.5 Å². The molecule has 0 atom stereocenters. The van der Waals surface area contributed by atoms with Gasteiger partial charge in [-0.2, -0.15) is 0 Å². The second kappa shape index (κ2) is 7.72. The van der Waals surface area contributed by atoms with Gasteiger partial charge in [-0.15, -0.1) is 0 Å². The van der Waals surface area contributed by atoms with E-state index >= 15 is 0 Å². The average Bonchev–Trinajstić information content (AvgIpc) is 3.15. The Labute approximate surface area is 179 Å². The summed E-state index contributed by atoms with van der Waals surface area (Å²) in [4.78, 5) is 11.3. The molecule has 31 heavy (non-hydrogen) atoms. The molecule has 0 amide bonds. The van der Waals surface area contributed by atoms with Gasteiger partial charge in [-0.3, -0.25) is 0 Å². The second-order valence-electron chi connectivity index (χ2n) is 7.31. The third-order valence-corrected chi connectivity index (χ3v) is 5.34. The van der Waals surface area contributed by atoms with E-state index in [1.165, 1.54) is 12.1 Å². The van der Waals surface area contributed by atoms with E-state index in [1.807, 2.05) is 43.3 Å². The van der Waals surface area contributed by atoms with E-state index in [0.717, 1.165) is 27.7 Å². The number of nitrogens with one attached hydrogen (secondary N) is 1. The summed E-state index contributed by atoms with van der Waals surface area (Å²) in [6, 6.07) is 18.6. The quantitative estimate of drug-likeness (QED) is 0.347. The number of benzene rings is 3. The molecule has 1 N–H and O–H groups in total. The number of para-hydroxylation sites is 1. The lowest BCUT2D eigenvalue weighted by atomic mass is 10.1. The molecule has 0 aliphatic carbocycles. The van der Waals surface area contributed by atoms with Crippen LogP contribution in [0.25, 0.3) is 21.9 Å². The van der Waals surface area contributed by atoms with Gasteiger partial charge in [0.1, 0.15) is 11.4 Å². The van der Waals surface area contributed by atoms with Gasteiger partial charge in [0.2, 0.25) is 0 Å². The Morgan fingerprint density at radius 1 is 0.968 bits per heavy atom. The molecule has 0 radical (unpaired) electrons. The van der Waals surface area contributed by atoms with Crippen LogP contribution in [0.4, 0.5) is 27.4 Å². The van der Waals surface area contributed by atoms with Crippen molar-refractivity contribution < 1.29 is 8.81 Å². The van der Waals surface area contributed by atoms with Crippen LogP contribution in [0.15, 0.2) is 77.5 Å². The molecule has 0 spiro atoms. The summed E-state index contributed by atoms with van der Waals surface area (Å²) in [5.74, 6) is 1.02. The summed E-state index contributed by atoms with van der Waals surface area (Å²) in [5.41, 5.74) is 4.09. The lowest BCUT2D eigenvalue weighted by Crippen LogP contribution is -2.20. The molecule has 154 valence electrons. The van der Waals surface area contributed by atoms with Crippen LogP contribution >= 0.6 is 0 Å². The molecule has 6 heteroatoms. The maximum atomic E-state index is 13.8. The van der Waals surface area contributed by atoms with E-state index in [-0.39, 0.29) is 5.82 Å². The molecular formula is C25H21FN4O. The van der Waals surface area contributed by atoms with Crippen LogP contribution in [0.1, 0.15) is 12.5 Å². The SMILES string of the molecule is CCN(c1nccnc1Nc1ccccc1)c1c(C)ccc2c1oc1cc(F)ccc12.